The zero-order chi connectivity index (χ0) is 14.2. The second-order valence-corrected chi connectivity index (χ2v) is 6.65. The summed E-state index contributed by atoms with van der Waals surface area (Å²) in [5.41, 5.74) is 0. The van der Waals surface area contributed by atoms with Crippen molar-refractivity contribution in [3.8, 4) is 0 Å². The molecule has 1 saturated carbocycles. The van der Waals surface area contributed by atoms with Gasteiger partial charge in [0.25, 0.3) is 0 Å². The van der Waals surface area contributed by atoms with Gasteiger partial charge in [0, 0.05) is 31.1 Å². The Hall–Kier alpha value is -0.460. The van der Waals surface area contributed by atoms with Crippen LogP contribution in [0.4, 0.5) is 0 Å². The van der Waals surface area contributed by atoms with Gasteiger partial charge in [-0.05, 0) is 18.8 Å². The van der Waals surface area contributed by atoms with Crippen LogP contribution >= 0.6 is 24.2 Å². The van der Waals surface area contributed by atoms with E-state index in [1.54, 1.807) is 11.8 Å². The summed E-state index contributed by atoms with van der Waals surface area (Å²) in [6, 6.07) is -0.0714. The van der Waals surface area contributed by atoms with E-state index >= 15 is 0 Å². The Kier molecular flexibility index (Phi) is 9.11. The summed E-state index contributed by atoms with van der Waals surface area (Å²) in [6.07, 6.45) is 6.87. The van der Waals surface area contributed by atoms with Crippen LogP contribution < -0.4 is 16.0 Å². The average molecular weight is 336 g/mol. The van der Waals surface area contributed by atoms with Crippen molar-refractivity contribution < 1.29 is 9.59 Å². The standard InChI is InChI=1S/C14H25N3O2S.ClH/c18-13(8-11-4-2-1-3-5-11)15-6-7-16-14(19)12-9-20-10-17-12;/h11-12,17H,1-10H2,(H,15,18)(H,16,19);1H. The van der Waals surface area contributed by atoms with Gasteiger partial charge in [0.05, 0.1) is 6.04 Å². The van der Waals surface area contributed by atoms with E-state index in [4.69, 9.17) is 0 Å². The fraction of sp³-hybridized carbons (Fsp3) is 0.857. The first-order valence-corrected chi connectivity index (χ1v) is 8.76. The quantitative estimate of drug-likeness (QED) is 0.639. The number of halogens is 1. The Labute approximate surface area is 137 Å². The molecule has 1 saturated heterocycles. The topological polar surface area (TPSA) is 70.2 Å². The van der Waals surface area contributed by atoms with Gasteiger partial charge in [0.2, 0.25) is 11.8 Å². The van der Waals surface area contributed by atoms with Crippen LogP contribution in [0.3, 0.4) is 0 Å². The molecule has 2 aliphatic rings. The van der Waals surface area contributed by atoms with Crippen LogP contribution in [0, 0.1) is 5.92 Å². The molecule has 122 valence electrons. The van der Waals surface area contributed by atoms with Crippen molar-refractivity contribution >= 4 is 36.0 Å². The number of hydrogen-bond acceptors (Lipinski definition) is 4. The van der Waals surface area contributed by atoms with Crippen LogP contribution in [0.15, 0.2) is 0 Å². The fourth-order valence-corrected chi connectivity index (χ4v) is 3.74. The lowest BCUT2D eigenvalue weighted by Gasteiger charge is -2.20. The molecule has 21 heavy (non-hydrogen) atoms. The Morgan fingerprint density at radius 2 is 1.81 bits per heavy atom. The molecule has 0 aromatic rings. The maximum atomic E-state index is 11.8. The van der Waals surface area contributed by atoms with E-state index in [0.29, 0.717) is 25.4 Å². The molecule has 1 atom stereocenters. The van der Waals surface area contributed by atoms with Crippen molar-refractivity contribution in [3.05, 3.63) is 0 Å². The maximum Gasteiger partial charge on any atom is 0.238 e. The zero-order valence-electron chi connectivity index (χ0n) is 12.4. The monoisotopic (exact) mass is 335 g/mol. The number of carbonyl (C=O) groups is 2. The largest absolute Gasteiger partial charge is 0.354 e. The molecular formula is C14H26ClN3O2S. The highest BCUT2D eigenvalue weighted by Crippen LogP contribution is 2.25. The third-order valence-electron chi connectivity index (χ3n) is 3.98. The molecule has 0 spiro atoms. The highest BCUT2D eigenvalue weighted by molar-refractivity contribution is 7.99. The van der Waals surface area contributed by atoms with Crippen molar-refractivity contribution in [3.63, 3.8) is 0 Å². The predicted octanol–water partition coefficient (Wildman–Crippen LogP) is 1.27. The van der Waals surface area contributed by atoms with Crippen LogP contribution in [0.1, 0.15) is 38.5 Å². The summed E-state index contributed by atoms with van der Waals surface area (Å²) >= 11 is 1.73. The van der Waals surface area contributed by atoms with Gasteiger partial charge in [-0.1, -0.05) is 19.3 Å². The molecule has 5 nitrogen and oxygen atoms in total. The minimum absolute atomic E-state index is 0. The molecule has 0 bridgehead atoms. The van der Waals surface area contributed by atoms with Crippen LogP contribution in [0.25, 0.3) is 0 Å². The number of hydrogen-bond donors (Lipinski definition) is 3. The summed E-state index contributed by atoms with van der Waals surface area (Å²) in [5.74, 6) is 2.41. The Bertz CT molecular complexity index is 332. The molecule has 1 unspecified atom stereocenters. The van der Waals surface area contributed by atoms with Gasteiger partial charge >= 0.3 is 0 Å². The molecule has 1 heterocycles. The highest BCUT2D eigenvalue weighted by atomic mass is 35.5. The predicted molar refractivity (Wildman–Crippen MR) is 88.7 cm³/mol. The van der Waals surface area contributed by atoms with Crippen LogP contribution in [0.2, 0.25) is 0 Å². The van der Waals surface area contributed by atoms with Crippen molar-refractivity contribution in [2.24, 2.45) is 5.92 Å². The Balaban J connectivity index is 0.00000220. The number of rotatable bonds is 6. The van der Waals surface area contributed by atoms with Crippen molar-refractivity contribution in [2.45, 2.75) is 44.6 Å². The van der Waals surface area contributed by atoms with E-state index in [2.05, 4.69) is 16.0 Å². The molecule has 1 aliphatic heterocycles. The maximum absolute atomic E-state index is 11.8. The minimum atomic E-state index is -0.0714. The summed E-state index contributed by atoms with van der Waals surface area (Å²) in [4.78, 5) is 23.5. The third kappa shape index (κ3) is 6.89. The van der Waals surface area contributed by atoms with Crippen LogP contribution in [0.5, 0.6) is 0 Å². The Morgan fingerprint density at radius 3 is 2.48 bits per heavy atom. The van der Waals surface area contributed by atoms with Crippen molar-refractivity contribution in [2.75, 3.05) is 24.7 Å². The SMILES string of the molecule is Cl.O=C(CC1CCCCC1)NCCNC(=O)C1CSCN1. The number of amides is 2. The fourth-order valence-electron chi connectivity index (χ4n) is 2.80. The zero-order valence-corrected chi connectivity index (χ0v) is 14.0. The molecule has 0 aromatic heterocycles. The number of thioether (sulfide) groups is 1. The third-order valence-corrected chi connectivity index (χ3v) is 4.92. The van der Waals surface area contributed by atoms with E-state index in [1.165, 1.54) is 32.1 Å². The molecule has 2 amide bonds. The lowest BCUT2D eigenvalue weighted by molar-refractivity contribution is -0.124. The molecule has 7 heteroatoms. The van der Waals surface area contributed by atoms with E-state index in [0.717, 1.165) is 11.6 Å². The smallest absolute Gasteiger partial charge is 0.238 e. The van der Waals surface area contributed by atoms with Gasteiger partial charge in [0.1, 0.15) is 0 Å². The minimum Gasteiger partial charge on any atom is -0.354 e. The van der Waals surface area contributed by atoms with Crippen molar-refractivity contribution in [1.82, 2.24) is 16.0 Å². The molecular weight excluding hydrogens is 310 g/mol. The van der Waals surface area contributed by atoms with Crippen LogP contribution in [-0.2, 0) is 9.59 Å². The number of carbonyl (C=O) groups excluding carboxylic acids is 2. The van der Waals surface area contributed by atoms with Gasteiger partial charge in [0.15, 0.2) is 0 Å². The molecule has 2 rings (SSSR count). The van der Waals surface area contributed by atoms with Gasteiger partial charge in [-0.2, -0.15) is 0 Å². The van der Waals surface area contributed by atoms with Gasteiger partial charge in [-0.15, -0.1) is 24.2 Å². The molecule has 0 radical (unpaired) electrons. The van der Waals surface area contributed by atoms with E-state index in [-0.39, 0.29) is 30.3 Å². The Morgan fingerprint density at radius 1 is 1.10 bits per heavy atom. The lowest BCUT2D eigenvalue weighted by Crippen LogP contribution is -2.44. The van der Waals surface area contributed by atoms with Crippen LogP contribution in [-0.4, -0.2) is 42.6 Å². The number of nitrogens with one attached hydrogen (secondary N) is 3. The summed E-state index contributed by atoms with van der Waals surface area (Å²) in [6.45, 7) is 1.04. The lowest BCUT2D eigenvalue weighted by atomic mass is 9.87. The highest BCUT2D eigenvalue weighted by Gasteiger charge is 2.22. The second-order valence-electron chi connectivity index (χ2n) is 5.62. The van der Waals surface area contributed by atoms with E-state index in [1.807, 2.05) is 0 Å². The second kappa shape index (κ2) is 10.3. The van der Waals surface area contributed by atoms with E-state index < -0.39 is 0 Å². The van der Waals surface area contributed by atoms with Crippen molar-refractivity contribution in [1.29, 1.82) is 0 Å². The molecule has 3 N–H and O–H groups in total. The average Bonchev–Trinajstić information content (AvgIpc) is 2.99. The molecule has 0 aromatic carbocycles. The molecule has 1 aliphatic carbocycles. The summed E-state index contributed by atoms with van der Waals surface area (Å²) in [5, 5.41) is 8.87. The normalized spacial score (nSPS) is 22.4. The van der Waals surface area contributed by atoms with Gasteiger partial charge < -0.3 is 10.6 Å². The van der Waals surface area contributed by atoms with E-state index in [9.17, 15) is 9.59 Å². The van der Waals surface area contributed by atoms with Gasteiger partial charge in [-0.3, -0.25) is 14.9 Å². The van der Waals surface area contributed by atoms with Gasteiger partial charge in [-0.25, -0.2) is 0 Å². The first-order chi connectivity index (χ1) is 9.75. The summed E-state index contributed by atoms with van der Waals surface area (Å²) < 4.78 is 0. The molecule has 2 fully saturated rings. The summed E-state index contributed by atoms with van der Waals surface area (Å²) in [7, 11) is 0. The first-order valence-electron chi connectivity index (χ1n) is 7.61. The first kappa shape index (κ1) is 18.6.